The van der Waals surface area contributed by atoms with Crippen LogP contribution >= 0.6 is 0 Å². The van der Waals surface area contributed by atoms with E-state index in [1.807, 2.05) is 4.90 Å². The lowest BCUT2D eigenvalue weighted by Gasteiger charge is -2.22. The lowest BCUT2D eigenvalue weighted by Crippen LogP contribution is -2.44. The normalized spacial score (nSPS) is 20.2. The summed E-state index contributed by atoms with van der Waals surface area (Å²) in [6.07, 6.45) is 0.853. The van der Waals surface area contributed by atoms with Crippen LogP contribution in [0.1, 0.15) is 13.3 Å². The van der Waals surface area contributed by atoms with Crippen LogP contribution in [0.25, 0.3) is 0 Å². The zero-order valence-electron chi connectivity index (χ0n) is 9.69. The predicted octanol–water partition coefficient (Wildman–Crippen LogP) is -1.65. The molecule has 1 fully saturated rings. The van der Waals surface area contributed by atoms with Crippen molar-refractivity contribution in [2.45, 2.75) is 19.4 Å². The maximum atomic E-state index is 11.7. The Morgan fingerprint density at radius 1 is 1.25 bits per heavy atom. The van der Waals surface area contributed by atoms with Gasteiger partial charge >= 0.3 is 0 Å². The maximum Gasteiger partial charge on any atom is 0.239 e. The average molecular weight is 228 g/mol. The molecule has 1 aliphatic rings. The highest BCUT2D eigenvalue weighted by atomic mass is 16.2. The summed E-state index contributed by atoms with van der Waals surface area (Å²) in [7, 11) is 0. The average Bonchev–Trinajstić information content (AvgIpc) is 2.41. The minimum absolute atomic E-state index is 0.0269. The van der Waals surface area contributed by atoms with Crippen molar-refractivity contribution >= 4 is 11.8 Å². The largest absolute Gasteiger partial charge is 0.369 e. The molecule has 0 aromatic heterocycles. The molecule has 92 valence electrons. The molecule has 1 aliphatic heterocycles. The van der Waals surface area contributed by atoms with Gasteiger partial charge in [0.1, 0.15) is 0 Å². The van der Waals surface area contributed by atoms with Crippen molar-refractivity contribution in [1.29, 1.82) is 0 Å². The molecule has 6 heteroatoms. The number of nitrogens with zero attached hydrogens (tertiary/aromatic N) is 2. The third-order valence-corrected chi connectivity index (χ3v) is 2.67. The number of rotatable bonds is 3. The molecule has 0 saturated carbocycles. The smallest absolute Gasteiger partial charge is 0.239 e. The van der Waals surface area contributed by atoms with Gasteiger partial charge in [0.25, 0.3) is 0 Å². The monoisotopic (exact) mass is 228 g/mol. The first-order valence-corrected chi connectivity index (χ1v) is 5.55. The molecule has 2 amide bonds. The van der Waals surface area contributed by atoms with Gasteiger partial charge in [-0.3, -0.25) is 14.5 Å². The summed E-state index contributed by atoms with van der Waals surface area (Å²) < 4.78 is 0. The van der Waals surface area contributed by atoms with Crippen LogP contribution in [0.4, 0.5) is 0 Å². The van der Waals surface area contributed by atoms with Gasteiger partial charge in [-0.05, 0) is 13.3 Å². The minimum atomic E-state index is -0.456. The molecule has 1 atom stereocenters. The fourth-order valence-corrected chi connectivity index (χ4v) is 1.86. The van der Waals surface area contributed by atoms with Gasteiger partial charge in [0.15, 0.2) is 0 Å². The second kappa shape index (κ2) is 5.81. The zero-order valence-corrected chi connectivity index (χ0v) is 9.69. The molecule has 1 saturated heterocycles. The second-order valence-electron chi connectivity index (χ2n) is 4.21. The number of hydrogen-bond donors (Lipinski definition) is 2. The lowest BCUT2D eigenvalue weighted by molar-refractivity contribution is -0.132. The Kier molecular flexibility index (Phi) is 4.70. The SMILES string of the molecule is C[C@H](N)C(=O)N1CCCN(CC(N)=O)CC1. The van der Waals surface area contributed by atoms with Crippen LogP contribution in [0.3, 0.4) is 0 Å². The van der Waals surface area contributed by atoms with Gasteiger partial charge in [0, 0.05) is 26.2 Å². The van der Waals surface area contributed by atoms with Crippen molar-refractivity contribution in [3.8, 4) is 0 Å². The summed E-state index contributed by atoms with van der Waals surface area (Å²) in [5.74, 6) is -0.354. The van der Waals surface area contributed by atoms with E-state index in [4.69, 9.17) is 11.5 Å². The fourth-order valence-electron chi connectivity index (χ4n) is 1.86. The van der Waals surface area contributed by atoms with Crippen molar-refractivity contribution in [2.75, 3.05) is 32.7 Å². The van der Waals surface area contributed by atoms with E-state index in [0.29, 0.717) is 19.6 Å². The van der Waals surface area contributed by atoms with Gasteiger partial charge in [-0.15, -0.1) is 0 Å². The third-order valence-electron chi connectivity index (χ3n) is 2.67. The Hall–Kier alpha value is -1.14. The summed E-state index contributed by atoms with van der Waals surface area (Å²) in [5.41, 5.74) is 10.7. The molecule has 0 bridgehead atoms. The third kappa shape index (κ3) is 3.79. The highest BCUT2D eigenvalue weighted by Gasteiger charge is 2.21. The molecule has 1 heterocycles. The van der Waals surface area contributed by atoms with Crippen LogP contribution in [-0.2, 0) is 9.59 Å². The highest BCUT2D eigenvalue weighted by molar-refractivity contribution is 5.81. The number of nitrogens with two attached hydrogens (primary N) is 2. The molecule has 0 aromatic rings. The highest BCUT2D eigenvalue weighted by Crippen LogP contribution is 2.04. The maximum absolute atomic E-state index is 11.7. The molecule has 0 aliphatic carbocycles. The van der Waals surface area contributed by atoms with E-state index < -0.39 is 6.04 Å². The molecule has 1 rings (SSSR count). The molecule has 0 radical (unpaired) electrons. The van der Waals surface area contributed by atoms with E-state index in [9.17, 15) is 9.59 Å². The Morgan fingerprint density at radius 2 is 1.94 bits per heavy atom. The first-order valence-electron chi connectivity index (χ1n) is 5.55. The number of carbonyl (C=O) groups is 2. The van der Waals surface area contributed by atoms with Crippen LogP contribution in [0, 0.1) is 0 Å². The minimum Gasteiger partial charge on any atom is -0.369 e. The molecule has 0 unspecified atom stereocenters. The van der Waals surface area contributed by atoms with Crippen LogP contribution in [0.2, 0.25) is 0 Å². The van der Waals surface area contributed by atoms with Gasteiger partial charge in [0.05, 0.1) is 12.6 Å². The van der Waals surface area contributed by atoms with E-state index in [-0.39, 0.29) is 18.4 Å². The number of primary amides is 1. The molecular weight excluding hydrogens is 208 g/mol. The van der Waals surface area contributed by atoms with Crippen LogP contribution in [-0.4, -0.2) is 60.4 Å². The van der Waals surface area contributed by atoms with Crippen molar-refractivity contribution < 1.29 is 9.59 Å². The standard InChI is InChI=1S/C10H20N4O2/c1-8(11)10(16)14-4-2-3-13(5-6-14)7-9(12)15/h8H,2-7,11H2,1H3,(H2,12,15)/t8-/m0/s1. The number of hydrogen-bond acceptors (Lipinski definition) is 4. The predicted molar refractivity (Wildman–Crippen MR) is 60.5 cm³/mol. The van der Waals surface area contributed by atoms with Gasteiger partial charge in [0.2, 0.25) is 11.8 Å². The van der Waals surface area contributed by atoms with E-state index >= 15 is 0 Å². The molecule has 16 heavy (non-hydrogen) atoms. The second-order valence-corrected chi connectivity index (χ2v) is 4.21. The molecule has 0 spiro atoms. The summed E-state index contributed by atoms with van der Waals surface area (Å²) in [4.78, 5) is 26.2. The Labute approximate surface area is 95.5 Å². The van der Waals surface area contributed by atoms with Gasteiger partial charge < -0.3 is 16.4 Å². The lowest BCUT2D eigenvalue weighted by atomic mass is 10.3. The first kappa shape index (κ1) is 12.9. The summed E-state index contributed by atoms with van der Waals surface area (Å²) >= 11 is 0. The van der Waals surface area contributed by atoms with E-state index in [1.54, 1.807) is 11.8 Å². The first-order chi connectivity index (χ1) is 7.50. The van der Waals surface area contributed by atoms with E-state index in [1.165, 1.54) is 0 Å². The van der Waals surface area contributed by atoms with Gasteiger partial charge in [-0.2, -0.15) is 0 Å². The topological polar surface area (TPSA) is 92.7 Å². The number of carbonyl (C=O) groups excluding carboxylic acids is 2. The van der Waals surface area contributed by atoms with Crippen molar-refractivity contribution in [2.24, 2.45) is 11.5 Å². The summed E-state index contributed by atoms with van der Waals surface area (Å²) in [6, 6.07) is -0.456. The van der Waals surface area contributed by atoms with Gasteiger partial charge in [-0.1, -0.05) is 0 Å². The zero-order chi connectivity index (χ0) is 12.1. The Balaban J connectivity index is 2.46. The molecule has 0 aromatic carbocycles. The van der Waals surface area contributed by atoms with Crippen LogP contribution in [0.15, 0.2) is 0 Å². The number of amides is 2. The summed E-state index contributed by atoms with van der Waals surface area (Å²) in [6.45, 7) is 4.75. The summed E-state index contributed by atoms with van der Waals surface area (Å²) in [5, 5.41) is 0. The van der Waals surface area contributed by atoms with Gasteiger partial charge in [-0.25, -0.2) is 0 Å². The van der Waals surface area contributed by atoms with Crippen LogP contribution in [0.5, 0.6) is 0 Å². The van der Waals surface area contributed by atoms with Crippen molar-refractivity contribution in [3.05, 3.63) is 0 Å². The van der Waals surface area contributed by atoms with E-state index in [0.717, 1.165) is 13.0 Å². The van der Waals surface area contributed by atoms with Crippen molar-refractivity contribution in [3.63, 3.8) is 0 Å². The molecular formula is C10H20N4O2. The Bertz CT molecular complexity index is 268. The molecule has 6 nitrogen and oxygen atoms in total. The Morgan fingerprint density at radius 3 is 2.50 bits per heavy atom. The van der Waals surface area contributed by atoms with E-state index in [2.05, 4.69) is 0 Å². The van der Waals surface area contributed by atoms with Crippen LogP contribution < -0.4 is 11.5 Å². The van der Waals surface area contributed by atoms with Crippen molar-refractivity contribution in [1.82, 2.24) is 9.80 Å². The fraction of sp³-hybridized carbons (Fsp3) is 0.800. The molecule has 4 N–H and O–H groups in total. The quantitative estimate of drug-likeness (QED) is 0.605.